The van der Waals surface area contributed by atoms with Crippen LogP contribution in [0.3, 0.4) is 0 Å². The number of nitrogens with zero attached hydrogens (tertiary/aromatic N) is 5. The number of halogens is 1. The Morgan fingerprint density at radius 1 is 1.09 bits per heavy atom. The van der Waals surface area contributed by atoms with Crippen molar-refractivity contribution in [3.05, 3.63) is 42.6 Å². The maximum Gasteiger partial charge on any atom is 0.225 e. The fourth-order valence-corrected chi connectivity index (χ4v) is 4.09. The van der Waals surface area contributed by atoms with Gasteiger partial charge in [-0.2, -0.15) is 0 Å². The molecule has 2 aliphatic heterocycles. The highest BCUT2D eigenvalue weighted by molar-refractivity contribution is 14.0. The van der Waals surface area contributed by atoms with Gasteiger partial charge in [-0.3, -0.25) is 9.89 Å². The molecule has 2 aliphatic rings. The predicted octanol–water partition coefficient (Wildman–Crippen LogP) is 2.16. The average Bonchev–Trinajstić information content (AvgIpc) is 3.37. The lowest BCUT2D eigenvalue weighted by Crippen LogP contribution is -2.49. The molecular formula is C23H36IN7O2. The van der Waals surface area contributed by atoms with Gasteiger partial charge in [0.2, 0.25) is 5.95 Å². The fourth-order valence-electron chi connectivity index (χ4n) is 4.09. The van der Waals surface area contributed by atoms with E-state index in [9.17, 15) is 0 Å². The topological polar surface area (TPSA) is 91.1 Å². The zero-order chi connectivity index (χ0) is 21.8. The summed E-state index contributed by atoms with van der Waals surface area (Å²) in [5.74, 6) is 2.70. The minimum Gasteiger partial charge on any atom is -0.469 e. The smallest absolute Gasteiger partial charge is 0.225 e. The molecule has 2 aromatic rings. The van der Waals surface area contributed by atoms with E-state index in [4.69, 9.17) is 14.1 Å². The SMILES string of the molecule is I.c1cnc(N2CCC(NC(=NCCCN3CCOCC3)NCCc3ccco3)CC2)nc1. The summed E-state index contributed by atoms with van der Waals surface area (Å²) in [4.78, 5) is 18.3. The van der Waals surface area contributed by atoms with Crippen molar-refractivity contribution in [3.8, 4) is 0 Å². The number of hydrogen-bond donors (Lipinski definition) is 2. The molecule has 2 fully saturated rings. The largest absolute Gasteiger partial charge is 0.469 e. The second-order valence-corrected chi connectivity index (χ2v) is 8.25. The summed E-state index contributed by atoms with van der Waals surface area (Å²) in [6, 6.07) is 6.19. The molecule has 182 valence electrons. The van der Waals surface area contributed by atoms with Gasteiger partial charge in [-0.15, -0.1) is 24.0 Å². The van der Waals surface area contributed by atoms with Crippen LogP contribution in [0, 0.1) is 0 Å². The van der Waals surface area contributed by atoms with E-state index in [0.717, 1.165) is 102 Å². The summed E-state index contributed by atoms with van der Waals surface area (Å²) in [5.41, 5.74) is 0. The van der Waals surface area contributed by atoms with Crippen LogP contribution in [0.4, 0.5) is 5.95 Å². The van der Waals surface area contributed by atoms with E-state index < -0.39 is 0 Å². The summed E-state index contributed by atoms with van der Waals surface area (Å²) in [6.45, 7) is 8.30. The van der Waals surface area contributed by atoms with Gasteiger partial charge < -0.3 is 24.7 Å². The minimum atomic E-state index is 0. The maximum absolute atomic E-state index is 5.45. The first-order valence-electron chi connectivity index (χ1n) is 11.8. The third-order valence-corrected chi connectivity index (χ3v) is 5.92. The quantitative estimate of drug-likeness (QED) is 0.206. The molecule has 0 amide bonds. The molecule has 0 unspecified atom stereocenters. The zero-order valence-corrected chi connectivity index (χ0v) is 21.5. The lowest BCUT2D eigenvalue weighted by Gasteiger charge is -2.33. The molecule has 2 N–H and O–H groups in total. The monoisotopic (exact) mass is 569 g/mol. The molecular weight excluding hydrogens is 533 g/mol. The van der Waals surface area contributed by atoms with Crippen LogP contribution >= 0.6 is 24.0 Å². The van der Waals surface area contributed by atoms with E-state index in [1.165, 1.54) is 0 Å². The number of morpholine rings is 1. The van der Waals surface area contributed by atoms with Crippen LogP contribution in [-0.4, -0.2) is 85.9 Å². The zero-order valence-electron chi connectivity index (χ0n) is 19.2. The first-order valence-corrected chi connectivity index (χ1v) is 11.8. The average molecular weight is 569 g/mol. The standard InChI is InChI=1S/C23H35N7O2.HI/c1-4-21(32-17-1)5-11-25-22(24-10-3-12-29-15-18-31-19-16-29)28-20-6-13-30(14-7-20)23-26-8-2-9-27-23;/h1-2,4,8-9,17,20H,3,5-7,10-16,18-19H2,(H2,24,25,28);1H. The number of nitrogens with one attached hydrogen (secondary N) is 2. The highest BCUT2D eigenvalue weighted by Gasteiger charge is 2.21. The normalized spacial score (nSPS) is 18.1. The van der Waals surface area contributed by atoms with Crippen molar-refractivity contribution >= 4 is 35.9 Å². The van der Waals surface area contributed by atoms with Crippen LogP contribution in [0.25, 0.3) is 0 Å². The van der Waals surface area contributed by atoms with Crippen molar-refractivity contribution in [1.29, 1.82) is 0 Å². The first-order chi connectivity index (χ1) is 15.9. The Morgan fingerprint density at radius 3 is 2.61 bits per heavy atom. The van der Waals surface area contributed by atoms with Gasteiger partial charge in [-0.25, -0.2) is 9.97 Å². The van der Waals surface area contributed by atoms with Gasteiger partial charge in [0.05, 0.1) is 19.5 Å². The number of piperidine rings is 1. The Morgan fingerprint density at radius 2 is 1.88 bits per heavy atom. The third kappa shape index (κ3) is 8.74. The van der Waals surface area contributed by atoms with Crippen molar-refractivity contribution < 1.29 is 9.15 Å². The second kappa shape index (κ2) is 14.4. The summed E-state index contributed by atoms with van der Waals surface area (Å²) >= 11 is 0. The van der Waals surface area contributed by atoms with E-state index in [-0.39, 0.29) is 24.0 Å². The van der Waals surface area contributed by atoms with Gasteiger partial charge in [0, 0.05) is 70.7 Å². The molecule has 0 bridgehead atoms. The molecule has 9 nitrogen and oxygen atoms in total. The summed E-state index contributed by atoms with van der Waals surface area (Å²) in [5, 5.41) is 7.15. The Labute approximate surface area is 213 Å². The molecule has 2 aromatic heterocycles. The Hall–Kier alpha value is -1.92. The number of guanidine groups is 1. The molecule has 33 heavy (non-hydrogen) atoms. The van der Waals surface area contributed by atoms with Crippen LogP contribution in [-0.2, 0) is 11.2 Å². The van der Waals surface area contributed by atoms with Gasteiger partial charge in [0.25, 0.3) is 0 Å². The summed E-state index contributed by atoms with van der Waals surface area (Å²) in [7, 11) is 0. The van der Waals surface area contributed by atoms with E-state index >= 15 is 0 Å². The van der Waals surface area contributed by atoms with E-state index in [2.05, 4.69) is 30.4 Å². The van der Waals surface area contributed by atoms with Crippen molar-refractivity contribution in [2.24, 2.45) is 4.99 Å². The van der Waals surface area contributed by atoms with Crippen molar-refractivity contribution in [3.63, 3.8) is 0 Å². The molecule has 0 aromatic carbocycles. The van der Waals surface area contributed by atoms with E-state index in [1.807, 2.05) is 18.2 Å². The van der Waals surface area contributed by atoms with Crippen LogP contribution < -0.4 is 15.5 Å². The molecule has 10 heteroatoms. The molecule has 4 rings (SSSR count). The molecule has 0 aliphatic carbocycles. The van der Waals surface area contributed by atoms with Crippen LogP contribution in [0.2, 0.25) is 0 Å². The number of anilines is 1. The summed E-state index contributed by atoms with van der Waals surface area (Å²) in [6.07, 6.45) is 9.28. The number of ether oxygens (including phenoxy) is 1. The molecule has 0 spiro atoms. The minimum absolute atomic E-state index is 0. The van der Waals surface area contributed by atoms with Crippen LogP contribution in [0.15, 0.2) is 46.3 Å². The number of rotatable bonds is 9. The highest BCUT2D eigenvalue weighted by atomic mass is 127. The van der Waals surface area contributed by atoms with Gasteiger partial charge in [0.1, 0.15) is 5.76 Å². The van der Waals surface area contributed by atoms with E-state index in [0.29, 0.717) is 6.04 Å². The van der Waals surface area contributed by atoms with Gasteiger partial charge in [-0.05, 0) is 37.5 Å². The number of aromatic nitrogens is 2. The van der Waals surface area contributed by atoms with Crippen LogP contribution in [0.1, 0.15) is 25.0 Å². The Kier molecular flexibility index (Phi) is 11.2. The molecule has 2 saturated heterocycles. The van der Waals surface area contributed by atoms with Gasteiger partial charge in [-0.1, -0.05) is 0 Å². The molecule has 0 saturated carbocycles. The van der Waals surface area contributed by atoms with Crippen LogP contribution in [0.5, 0.6) is 0 Å². The molecule has 0 radical (unpaired) electrons. The van der Waals surface area contributed by atoms with Crippen molar-refractivity contribution in [1.82, 2.24) is 25.5 Å². The third-order valence-electron chi connectivity index (χ3n) is 5.92. The Balaban J connectivity index is 0.00000306. The molecule has 4 heterocycles. The molecule has 0 atom stereocenters. The second-order valence-electron chi connectivity index (χ2n) is 8.25. The van der Waals surface area contributed by atoms with E-state index in [1.54, 1.807) is 18.7 Å². The lowest BCUT2D eigenvalue weighted by atomic mass is 10.1. The maximum atomic E-state index is 5.45. The first kappa shape index (κ1) is 25.7. The number of hydrogen-bond acceptors (Lipinski definition) is 7. The lowest BCUT2D eigenvalue weighted by molar-refractivity contribution is 0.0377. The highest BCUT2D eigenvalue weighted by Crippen LogP contribution is 2.15. The van der Waals surface area contributed by atoms with Crippen molar-refractivity contribution in [2.45, 2.75) is 31.7 Å². The fraction of sp³-hybridized carbons (Fsp3) is 0.609. The van der Waals surface area contributed by atoms with Gasteiger partial charge >= 0.3 is 0 Å². The Bertz CT molecular complexity index is 792. The number of furan rings is 1. The predicted molar refractivity (Wildman–Crippen MR) is 140 cm³/mol. The summed E-state index contributed by atoms with van der Waals surface area (Å²) < 4.78 is 10.9. The number of aliphatic imine (C=N–C) groups is 1. The van der Waals surface area contributed by atoms with Gasteiger partial charge in [0.15, 0.2) is 5.96 Å². The van der Waals surface area contributed by atoms with Crippen molar-refractivity contribution in [2.75, 3.05) is 63.9 Å².